The number of benzene rings is 2. The van der Waals surface area contributed by atoms with Gasteiger partial charge in [-0.05, 0) is 93.1 Å². The number of nitrogens with one attached hydrogen (secondary N) is 1. The summed E-state index contributed by atoms with van der Waals surface area (Å²) in [7, 11) is 0. The summed E-state index contributed by atoms with van der Waals surface area (Å²) >= 11 is 5.90. The number of hydrogen-bond acceptors (Lipinski definition) is 3. The molecule has 0 saturated carbocycles. The molecule has 2 rings (SSSR count). The van der Waals surface area contributed by atoms with Crippen LogP contribution in [0.1, 0.15) is 47.6 Å². The number of aryl methyl sites for hydroxylation is 3. The van der Waals surface area contributed by atoms with Crippen molar-refractivity contribution in [3.8, 4) is 0 Å². The fourth-order valence-electron chi connectivity index (χ4n) is 3.23. The first-order valence-electron chi connectivity index (χ1n) is 10.1. The number of carbonyl (C=O) groups excluding carboxylic acids is 2. The second kappa shape index (κ2) is 11.6. The van der Waals surface area contributed by atoms with Crippen LogP contribution in [0.3, 0.4) is 0 Å². The third-order valence-electron chi connectivity index (χ3n) is 5.09. The topological polar surface area (TPSA) is 58.5 Å². The minimum absolute atomic E-state index is 0.0950. The first kappa shape index (κ1) is 23.7. The average molecular weight is 425 g/mol. The maximum Gasteiger partial charge on any atom is 0.233 e. The second-order valence-corrected chi connectivity index (χ2v) is 7.93. The molecule has 30 heavy (non-hydrogen) atoms. The van der Waals surface area contributed by atoms with Gasteiger partial charge in [-0.25, -0.2) is 4.99 Å². The highest BCUT2D eigenvalue weighted by atomic mass is 35.5. The normalized spacial score (nSPS) is 12.2. The van der Waals surface area contributed by atoms with Crippen molar-refractivity contribution in [1.82, 2.24) is 5.32 Å². The number of halogens is 1. The quantitative estimate of drug-likeness (QED) is 0.240. The van der Waals surface area contributed by atoms with Crippen molar-refractivity contribution in [2.45, 2.75) is 47.1 Å². The highest BCUT2D eigenvalue weighted by Crippen LogP contribution is 2.20. The van der Waals surface area contributed by atoms with Crippen molar-refractivity contribution in [2.75, 3.05) is 6.54 Å². The second-order valence-electron chi connectivity index (χ2n) is 7.50. The van der Waals surface area contributed by atoms with Gasteiger partial charge in [-0.15, -0.1) is 0 Å². The fraction of sp³-hybridized carbons (Fsp3) is 0.320. The van der Waals surface area contributed by atoms with Crippen LogP contribution in [-0.2, 0) is 16.1 Å². The zero-order valence-corrected chi connectivity index (χ0v) is 18.8. The van der Waals surface area contributed by atoms with Gasteiger partial charge in [0.05, 0.1) is 5.71 Å². The molecular formula is C25H29ClN2O2. The Hall–Kier alpha value is -2.56. The van der Waals surface area contributed by atoms with Crippen LogP contribution in [0.2, 0.25) is 5.02 Å². The first-order chi connectivity index (χ1) is 14.3. The lowest BCUT2D eigenvalue weighted by Crippen LogP contribution is -2.17. The summed E-state index contributed by atoms with van der Waals surface area (Å²) in [4.78, 5) is 27.4. The smallest absolute Gasteiger partial charge is 0.233 e. The largest absolute Gasteiger partial charge is 0.313 e. The zero-order chi connectivity index (χ0) is 22.1. The summed E-state index contributed by atoms with van der Waals surface area (Å²) < 4.78 is 0. The SMILES string of the molecule is CC(=O)C(=Cc1cc(C)c(C)cc1C)C(CCCNCc1ccc(Cl)cc1)=NC=O. The van der Waals surface area contributed by atoms with E-state index in [0.717, 1.165) is 46.8 Å². The van der Waals surface area contributed by atoms with Crippen LogP contribution in [0.4, 0.5) is 0 Å². The molecule has 0 atom stereocenters. The van der Waals surface area contributed by atoms with Gasteiger partial charge in [-0.2, -0.15) is 0 Å². The predicted octanol–water partition coefficient (Wildman–Crippen LogP) is 5.41. The number of Topliss-reactive ketones (excluding diaryl/α,β-unsaturated/α-hetero) is 1. The summed E-state index contributed by atoms with van der Waals surface area (Å²) in [5.74, 6) is -0.0950. The Bertz CT molecular complexity index is 960. The zero-order valence-electron chi connectivity index (χ0n) is 18.1. The van der Waals surface area contributed by atoms with E-state index in [2.05, 4.69) is 29.4 Å². The van der Waals surface area contributed by atoms with E-state index >= 15 is 0 Å². The molecule has 0 aliphatic carbocycles. The van der Waals surface area contributed by atoms with Crippen LogP contribution in [0, 0.1) is 20.8 Å². The summed E-state index contributed by atoms with van der Waals surface area (Å²) in [6.45, 7) is 9.13. The van der Waals surface area contributed by atoms with E-state index in [0.29, 0.717) is 24.1 Å². The Balaban J connectivity index is 2.07. The molecule has 1 amide bonds. The number of hydrogen-bond donors (Lipinski definition) is 1. The van der Waals surface area contributed by atoms with E-state index in [1.54, 1.807) is 0 Å². The first-order valence-corrected chi connectivity index (χ1v) is 10.5. The third kappa shape index (κ3) is 7.05. The molecule has 0 aromatic heterocycles. The number of nitrogens with zero attached hydrogens (tertiary/aromatic N) is 1. The third-order valence-corrected chi connectivity index (χ3v) is 5.34. The van der Waals surface area contributed by atoms with Gasteiger partial charge in [0.25, 0.3) is 0 Å². The molecule has 158 valence electrons. The molecule has 0 fully saturated rings. The molecule has 2 aromatic carbocycles. The van der Waals surface area contributed by atoms with Gasteiger partial charge in [-0.1, -0.05) is 35.9 Å². The number of aliphatic imine (C=N–C) groups is 1. The molecule has 0 unspecified atom stereocenters. The number of rotatable bonds is 10. The van der Waals surface area contributed by atoms with E-state index in [1.807, 2.05) is 44.2 Å². The molecule has 0 bridgehead atoms. The molecule has 0 aliphatic rings. The van der Waals surface area contributed by atoms with Crippen LogP contribution >= 0.6 is 11.6 Å². The minimum atomic E-state index is -0.0950. The summed E-state index contributed by atoms with van der Waals surface area (Å²) in [5.41, 5.74) is 6.61. The number of carbonyl (C=O) groups is 2. The molecule has 0 radical (unpaired) electrons. The van der Waals surface area contributed by atoms with Crippen molar-refractivity contribution in [2.24, 2.45) is 4.99 Å². The lowest BCUT2D eigenvalue weighted by atomic mass is 9.95. The fourth-order valence-corrected chi connectivity index (χ4v) is 3.36. The molecular weight excluding hydrogens is 396 g/mol. The average Bonchev–Trinajstić information content (AvgIpc) is 2.70. The van der Waals surface area contributed by atoms with Gasteiger partial charge in [0.1, 0.15) is 0 Å². The maximum absolute atomic E-state index is 12.3. The standard InChI is InChI=1S/C25H29ClN2O2/c1-17-12-19(3)22(13-18(17)2)14-24(20(4)30)25(28-16-29)6-5-11-27-15-21-7-9-23(26)10-8-21/h7-10,12-14,16,27H,5-6,11,15H2,1-4H3. The molecule has 0 saturated heterocycles. The van der Waals surface area contributed by atoms with E-state index in [-0.39, 0.29) is 5.78 Å². The number of amides is 1. The molecule has 1 N–H and O–H groups in total. The monoisotopic (exact) mass is 424 g/mol. The Labute approximate surface area is 184 Å². The highest BCUT2D eigenvalue weighted by Gasteiger charge is 2.13. The Morgan fingerprint density at radius 1 is 1.07 bits per heavy atom. The van der Waals surface area contributed by atoms with E-state index < -0.39 is 0 Å². The van der Waals surface area contributed by atoms with Crippen LogP contribution in [0.25, 0.3) is 6.08 Å². The minimum Gasteiger partial charge on any atom is -0.313 e. The van der Waals surface area contributed by atoms with Crippen molar-refractivity contribution >= 4 is 35.6 Å². The van der Waals surface area contributed by atoms with Crippen molar-refractivity contribution in [1.29, 1.82) is 0 Å². The highest BCUT2D eigenvalue weighted by molar-refractivity contribution is 6.30. The lowest BCUT2D eigenvalue weighted by Gasteiger charge is -2.11. The number of ketones is 1. The Morgan fingerprint density at radius 3 is 2.37 bits per heavy atom. The van der Waals surface area contributed by atoms with Gasteiger partial charge in [0.2, 0.25) is 6.41 Å². The molecule has 0 spiro atoms. The Morgan fingerprint density at radius 2 is 1.73 bits per heavy atom. The van der Waals surface area contributed by atoms with Gasteiger partial charge < -0.3 is 5.32 Å². The lowest BCUT2D eigenvalue weighted by molar-refractivity contribution is -0.113. The van der Waals surface area contributed by atoms with E-state index in [4.69, 9.17) is 11.6 Å². The Kier molecular flexibility index (Phi) is 9.15. The van der Waals surface area contributed by atoms with Gasteiger partial charge in [0.15, 0.2) is 5.78 Å². The molecule has 5 heteroatoms. The van der Waals surface area contributed by atoms with E-state index in [9.17, 15) is 9.59 Å². The molecule has 0 aliphatic heterocycles. The van der Waals surface area contributed by atoms with Crippen LogP contribution in [0.15, 0.2) is 47.0 Å². The predicted molar refractivity (Wildman–Crippen MR) is 125 cm³/mol. The molecule has 0 heterocycles. The summed E-state index contributed by atoms with van der Waals surface area (Å²) in [6, 6.07) is 11.9. The molecule has 4 nitrogen and oxygen atoms in total. The summed E-state index contributed by atoms with van der Waals surface area (Å²) in [6.07, 6.45) is 3.67. The van der Waals surface area contributed by atoms with Crippen molar-refractivity contribution < 1.29 is 9.59 Å². The maximum atomic E-state index is 12.3. The number of allylic oxidation sites excluding steroid dienone is 1. The van der Waals surface area contributed by atoms with Crippen molar-refractivity contribution in [3.05, 3.63) is 74.8 Å². The summed E-state index contributed by atoms with van der Waals surface area (Å²) in [5, 5.41) is 4.09. The van der Waals surface area contributed by atoms with Gasteiger partial charge in [0, 0.05) is 17.1 Å². The van der Waals surface area contributed by atoms with Crippen LogP contribution in [-0.4, -0.2) is 24.4 Å². The van der Waals surface area contributed by atoms with Crippen molar-refractivity contribution in [3.63, 3.8) is 0 Å². The van der Waals surface area contributed by atoms with Gasteiger partial charge >= 0.3 is 0 Å². The van der Waals surface area contributed by atoms with E-state index in [1.165, 1.54) is 12.5 Å². The van der Waals surface area contributed by atoms with Gasteiger partial charge in [-0.3, -0.25) is 9.59 Å². The van der Waals surface area contributed by atoms with Crippen LogP contribution < -0.4 is 5.32 Å². The van der Waals surface area contributed by atoms with Crippen LogP contribution in [0.5, 0.6) is 0 Å². The molecule has 2 aromatic rings.